The van der Waals surface area contributed by atoms with Crippen molar-refractivity contribution in [1.29, 1.82) is 0 Å². The van der Waals surface area contributed by atoms with Crippen molar-refractivity contribution in [3.63, 3.8) is 0 Å². The topological polar surface area (TPSA) is 75.2 Å². The Bertz CT molecular complexity index is 916. The first-order valence-electron chi connectivity index (χ1n) is 9.04. The molecule has 0 aliphatic carbocycles. The zero-order valence-electron chi connectivity index (χ0n) is 14.8. The predicted octanol–water partition coefficient (Wildman–Crippen LogP) is 2.97. The smallest absolute Gasteiger partial charge is 0.280 e. The number of aromatic nitrogens is 2. The minimum Gasteiger partial charge on any atom is -0.350 e. The van der Waals surface area contributed by atoms with Crippen LogP contribution in [0.25, 0.3) is 10.2 Å². The number of amides is 2. The number of hydrogen-bond acceptors (Lipinski definition) is 5. The molecule has 1 fully saturated rings. The molecular weight excluding hydrogens is 360 g/mol. The molecule has 1 aromatic carbocycles. The van der Waals surface area contributed by atoms with E-state index < -0.39 is 0 Å². The fourth-order valence-corrected chi connectivity index (χ4v) is 4.18. The summed E-state index contributed by atoms with van der Waals surface area (Å²) in [6.45, 7) is 2.04. The van der Waals surface area contributed by atoms with Crippen LogP contribution in [-0.2, 0) is 0 Å². The van der Waals surface area contributed by atoms with Gasteiger partial charge in [-0.15, -0.1) is 11.3 Å². The molecule has 2 amide bonds. The maximum Gasteiger partial charge on any atom is 0.280 e. The zero-order valence-corrected chi connectivity index (χ0v) is 15.6. The van der Waals surface area contributed by atoms with E-state index in [-0.39, 0.29) is 11.8 Å². The number of rotatable bonds is 4. The molecule has 0 radical (unpaired) electrons. The zero-order chi connectivity index (χ0) is 18.6. The Hall–Kier alpha value is -2.80. The van der Waals surface area contributed by atoms with Crippen LogP contribution in [0.4, 0.5) is 0 Å². The Morgan fingerprint density at radius 3 is 2.59 bits per heavy atom. The lowest BCUT2D eigenvalue weighted by molar-refractivity contribution is 0.0684. The molecule has 7 heteroatoms. The van der Waals surface area contributed by atoms with Gasteiger partial charge in [-0.3, -0.25) is 14.6 Å². The van der Waals surface area contributed by atoms with Crippen molar-refractivity contribution in [3.05, 3.63) is 59.4 Å². The highest BCUT2D eigenvalue weighted by molar-refractivity contribution is 7.20. The van der Waals surface area contributed by atoms with Gasteiger partial charge in [0.05, 0.1) is 10.2 Å². The van der Waals surface area contributed by atoms with Crippen LogP contribution < -0.4 is 5.32 Å². The van der Waals surface area contributed by atoms with Crippen molar-refractivity contribution in [2.45, 2.75) is 12.8 Å². The molecule has 0 spiro atoms. The molecule has 0 atom stereocenters. The summed E-state index contributed by atoms with van der Waals surface area (Å²) in [6, 6.07) is 11.2. The molecule has 6 nitrogen and oxygen atoms in total. The van der Waals surface area contributed by atoms with Gasteiger partial charge in [0.25, 0.3) is 11.8 Å². The predicted molar refractivity (Wildman–Crippen MR) is 105 cm³/mol. The van der Waals surface area contributed by atoms with Crippen molar-refractivity contribution in [3.8, 4) is 0 Å². The third-order valence-corrected chi connectivity index (χ3v) is 5.90. The summed E-state index contributed by atoms with van der Waals surface area (Å²) in [5.74, 6) is 0.311. The number of thiazole rings is 1. The lowest BCUT2D eigenvalue weighted by Gasteiger charge is -2.32. The average Bonchev–Trinajstić information content (AvgIpc) is 3.17. The van der Waals surface area contributed by atoms with E-state index in [1.165, 1.54) is 11.3 Å². The molecule has 2 aromatic heterocycles. The van der Waals surface area contributed by atoms with Crippen molar-refractivity contribution in [1.82, 2.24) is 20.2 Å². The van der Waals surface area contributed by atoms with E-state index in [0.29, 0.717) is 36.1 Å². The highest BCUT2D eigenvalue weighted by atomic mass is 32.1. The molecule has 1 saturated heterocycles. The fraction of sp³-hybridized carbons (Fsp3) is 0.300. The second-order valence-corrected chi connectivity index (χ2v) is 7.70. The van der Waals surface area contributed by atoms with Gasteiger partial charge in [-0.25, -0.2) is 4.98 Å². The van der Waals surface area contributed by atoms with Crippen molar-refractivity contribution in [2.75, 3.05) is 19.6 Å². The summed E-state index contributed by atoms with van der Waals surface area (Å²) in [5, 5.41) is 3.50. The number of hydrogen-bond donors (Lipinski definition) is 1. The minimum absolute atomic E-state index is 0.0503. The average molecular weight is 380 g/mol. The largest absolute Gasteiger partial charge is 0.350 e. The lowest BCUT2D eigenvalue weighted by atomic mass is 9.96. The molecule has 27 heavy (non-hydrogen) atoms. The van der Waals surface area contributed by atoms with Crippen LogP contribution in [0.2, 0.25) is 0 Å². The number of piperidine rings is 1. The number of pyridine rings is 1. The van der Waals surface area contributed by atoms with Gasteiger partial charge < -0.3 is 10.2 Å². The van der Waals surface area contributed by atoms with E-state index in [2.05, 4.69) is 15.3 Å². The molecule has 3 heterocycles. The molecule has 3 aromatic rings. The number of nitrogens with one attached hydrogen (secondary N) is 1. The van der Waals surface area contributed by atoms with Gasteiger partial charge in [-0.2, -0.15) is 0 Å². The summed E-state index contributed by atoms with van der Waals surface area (Å²) in [4.78, 5) is 35.1. The van der Waals surface area contributed by atoms with Gasteiger partial charge in [-0.05, 0) is 43.0 Å². The highest BCUT2D eigenvalue weighted by Crippen LogP contribution is 2.22. The van der Waals surface area contributed by atoms with Crippen molar-refractivity contribution >= 4 is 33.4 Å². The molecular formula is C20H20N4O2S. The van der Waals surface area contributed by atoms with Gasteiger partial charge in [0.2, 0.25) is 0 Å². The number of para-hydroxylation sites is 1. The standard InChI is InChI=1S/C20H20N4O2S/c25-18(19-23-16-3-1-2-4-17(16)27-19)22-13-14-7-11-24(12-8-14)20(26)15-5-9-21-10-6-15/h1-6,9-10,14H,7-8,11-13H2,(H,22,25). The quantitative estimate of drug-likeness (QED) is 0.755. The molecule has 1 N–H and O–H groups in total. The molecule has 0 unspecified atom stereocenters. The molecule has 138 valence electrons. The Morgan fingerprint density at radius 2 is 1.85 bits per heavy atom. The summed E-state index contributed by atoms with van der Waals surface area (Å²) in [6.07, 6.45) is 5.04. The van der Waals surface area contributed by atoms with Gasteiger partial charge in [0.15, 0.2) is 5.01 Å². The normalized spacial score (nSPS) is 15.0. The third-order valence-electron chi connectivity index (χ3n) is 4.87. The summed E-state index contributed by atoms with van der Waals surface area (Å²) in [5.41, 5.74) is 1.53. The second kappa shape index (κ2) is 7.84. The van der Waals surface area contributed by atoms with Crippen LogP contribution in [0.5, 0.6) is 0 Å². The Balaban J connectivity index is 1.28. The number of carbonyl (C=O) groups excluding carboxylic acids is 2. The highest BCUT2D eigenvalue weighted by Gasteiger charge is 2.24. The number of carbonyl (C=O) groups is 2. The fourth-order valence-electron chi connectivity index (χ4n) is 3.30. The van der Waals surface area contributed by atoms with E-state index in [0.717, 1.165) is 23.1 Å². The Morgan fingerprint density at radius 1 is 1.11 bits per heavy atom. The molecule has 0 saturated carbocycles. The summed E-state index contributed by atoms with van der Waals surface area (Å²) in [7, 11) is 0. The van der Waals surface area contributed by atoms with Crippen molar-refractivity contribution in [2.24, 2.45) is 5.92 Å². The van der Waals surface area contributed by atoms with E-state index in [1.54, 1.807) is 24.5 Å². The number of benzene rings is 1. The van der Waals surface area contributed by atoms with E-state index in [4.69, 9.17) is 0 Å². The van der Waals surface area contributed by atoms with Gasteiger partial charge in [-0.1, -0.05) is 12.1 Å². The van der Waals surface area contributed by atoms with Crippen LogP contribution in [0, 0.1) is 5.92 Å². The SMILES string of the molecule is O=C(NCC1CCN(C(=O)c2ccncc2)CC1)c1nc2ccccc2s1. The third kappa shape index (κ3) is 3.98. The van der Waals surface area contributed by atoms with E-state index in [1.807, 2.05) is 29.2 Å². The Kier molecular flexibility index (Phi) is 5.11. The van der Waals surface area contributed by atoms with Gasteiger partial charge >= 0.3 is 0 Å². The summed E-state index contributed by atoms with van der Waals surface area (Å²) < 4.78 is 1.02. The number of fused-ring (bicyclic) bond motifs is 1. The first kappa shape index (κ1) is 17.6. The lowest BCUT2D eigenvalue weighted by Crippen LogP contribution is -2.41. The second-order valence-electron chi connectivity index (χ2n) is 6.67. The van der Waals surface area contributed by atoms with Crippen LogP contribution in [0.3, 0.4) is 0 Å². The van der Waals surface area contributed by atoms with Crippen LogP contribution in [-0.4, -0.2) is 46.3 Å². The monoisotopic (exact) mass is 380 g/mol. The maximum absolute atomic E-state index is 12.5. The van der Waals surface area contributed by atoms with Crippen LogP contribution in [0.15, 0.2) is 48.8 Å². The van der Waals surface area contributed by atoms with Crippen LogP contribution >= 0.6 is 11.3 Å². The van der Waals surface area contributed by atoms with E-state index >= 15 is 0 Å². The van der Waals surface area contributed by atoms with E-state index in [9.17, 15) is 9.59 Å². The summed E-state index contributed by atoms with van der Waals surface area (Å²) >= 11 is 1.41. The molecule has 0 bridgehead atoms. The van der Waals surface area contributed by atoms with Crippen molar-refractivity contribution < 1.29 is 9.59 Å². The number of nitrogens with zero attached hydrogens (tertiary/aromatic N) is 3. The minimum atomic E-state index is -0.119. The Labute approximate surface area is 161 Å². The van der Waals surface area contributed by atoms with Gasteiger partial charge in [0, 0.05) is 37.6 Å². The first-order valence-corrected chi connectivity index (χ1v) is 9.85. The molecule has 1 aliphatic rings. The molecule has 4 rings (SSSR count). The molecule has 1 aliphatic heterocycles. The van der Waals surface area contributed by atoms with Crippen LogP contribution in [0.1, 0.15) is 33.0 Å². The maximum atomic E-state index is 12.5. The first-order chi connectivity index (χ1) is 13.2. The van der Waals surface area contributed by atoms with Gasteiger partial charge in [0.1, 0.15) is 0 Å². The number of likely N-dealkylation sites (tertiary alicyclic amines) is 1.